The van der Waals surface area contributed by atoms with Crippen molar-refractivity contribution >= 4 is 28.6 Å². The molecule has 1 unspecified atom stereocenters. The summed E-state index contributed by atoms with van der Waals surface area (Å²) in [5.74, 6) is 0. The van der Waals surface area contributed by atoms with Crippen molar-refractivity contribution in [1.29, 1.82) is 5.26 Å². The molecule has 19 heavy (non-hydrogen) atoms. The van der Waals surface area contributed by atoms with Crippen molar-refractivity contribution in [3.8, 4) is 6.07 Å². The summed E-state index contributed by atoms with van der Waals surface area (Å²) in [5.41, 5.74) is 2.91. The Morgan fingerprint density at radius 2 is 2.26 bits per heavy atom. The Morgan fingerprint density at radius 1 is 1.37 bits per heavy atom. The van der Waals surface area contributed by atoms with Gasteiger partial charge in [-0.05, 0) is 54.5 Å². The lowest BCUT2D eigenvalue weighted by atomic mass is 9.94. The van der Waals surface area contributed by atoms with Gasteiger partial charge in [-0.15, -0.1) is 11.3 Å². The molecule has 0 bridgehead atoms. The fourth-order valence-corrected chi connectivity index (χ4v) is 3.74. The van der Waals surface area contributed by atoms with Crippen LogP contribution in [0.15, 0.2) is 29.6 Å². The molecule has 0 saturated carbocycles. The molecule has 1 atom stereocenters. The number of nitriles is 1. The van der Waals surface area contributed by atoms with E-state index in [1.54, 1.807) is 6.07 Å². The molecule has 1 aliphatic carbocycles. The summed E-state index contributed by atoms with van der Waals surface area (Å²) in [4.78, 5) is 1.49. The number of hydrogen-bond acceptors (Lipinski definition) is 3. The second kappa shape index (κ2) is 5.24. The first kappa shape index (κ1) is 12.5. The van der Waals surface area contributed by atoms with Gasteiger partial charge in [0.25, 0.3) is 0 Å². The molecule has 1 aromatic carbocycles. The molecule has 2 aromatic rings. The Bertz CT molecular complexity index is 642. The highest BCUT2D eigenvalue weighted by Gasteiger charge is 2.21. The van der Waals surface area contributed by atoms with E-state index in [9.17, 15) is 0 Å². The van der Waals surface area contributed by atoms with Gasteiger partial charge in [0, 0.05) is 10.6 Å². The Morgan fingerprint density at radius 3 is 3.05 bits per heavy atom. The molecular formula is C15H13ClN2S. The third-order valence-corrected chi connectivity index (χ3v) is 4.79. The van der Waals surface area contributed by atoms with E-state index in [1.165, 1.54) is 23.3 Å². The predicted molar refractivity (Wildman–Crippen MR) is 79.8 cm³/mol. The highest BCUT2D eigenvalue weighted by atomic mass is 35.5. The van der Waals surface area contributed by atoms with Gasteiger partial charge in [0.2, 0.25) is 0 Å². The van der Waals surface area contributed by atoms with E-state index in [0.717, 1.165) is 12.1 Å². The quantitative estimate of drug-likeness (QED) is 0.864. The first-order valence-electron chi connectivity index (χ1n) is 6.30. The topological polar surface area (TPSA) is 35.8 Å². The van der Waals surface area contributed by atoms with Crippen molar-refractivity contribution in [3.63, 3.8) is 0 Å². The monoisotopic (exact) mass is 288 g/mol. The number of nitrogens with zero attached hydrogens (tertiary/aromatic N) is 1. The molecule has 0 spiro atoms. The van der Waals surface area contributed by atoms with E-state index in [2.05, 4.69) is 22.8 Å². The third-order valence-electron chi connectivity index (χ3n) is 3.48. The zero-order chi connectivity index (χ0) is 13.2. The predicted octanol–water partition coefficient (Wildman–Crippen LogP) is 4.76. The molecule has 0 fully saturated rings. The number of fused-ring (bicyclic) bond motifs is 1. The molecule has 2 nitrogen and oxygen atoms in total. The summed E-state index contributed by atoms with van der Waals surface area (Å²) in [6.45, 7) is 0. The summed E-state index contributed by atoms with van der Waals surface area (Å²) in [5, 5.41) is 15.1. The van der Waals surface area contributed by atoms with E-state index in [1.807, 2.05) is 23.5 Å². The van der Waals surface area contributed by atoms with Crippen LogP contribution in [0.4, 0.5) is 5.69 Å². The van der Waals surface area contributed by atoms with Crippen LogP contribution in [0.25, 0.3) is 0 Å². The molecule has 0 aliphatic heterocycles. The summed E-state index contributed by atoms with van der Waals surface area (Å²) in [6.07, 6.45) is 3.55. The van der Waals surface area contributed by atoms with Gasteiger partial charge in [0.15, 0.2) is 0 Å². The minimum atomic E-state index is 0.360. The van der Waals surface area contributed by atoms with Crippen molar-refractivity contribution in [3.05, 3.63) is 50.7 Å². The van der Waals surface area contributed by atoms with Crippen LogP contribution < -0.4 is 5.32 Å². The molecule has 0 radical (unpaired) electrons. The Labute approximate surface area is 121 Å². The molecule has 96 valence electrons. The molecule has 1 heterocycles. The Kier molecular flexibility index (Phi) is 3.46. The fraction of sp³-hybridized carbons (Fsp3) is 0.267. The van der Waals surface area contributed by atoms with E-state index in [0.29, 0.717) is 16.6 Å². The van der Waals surface area contributed by atoms with Crippen molar-refractivity contribution in [1.82, 2.24) is 0 Å². The summed E-state index contributed by atoms with van der Waals surface area (Å²) in [7, 11) is 0. The van der Waals surface area contributed by atoms with Gasteiger partial charge in [0.05, 0.1) is 16.6 Å². The number of halogens is 1. The van der Waals surface area contributed by atoms with Gasteiger partial charge in [-0.25, -0.2) is 0 Å². The number of benzene rings is 1. The summed E-state index contributed by atoms with van der Waals surface area (Å²) >= 11 is 7.91. The molecular weight excluding hydrogens is 276 g/mol. The number of hydrogen-bond donors (Lipinski definition) is 1. The van der Waals surface area contributed by atoms with Crippen LogP contribution in [0, 0.1) is 11.3 Å². The van der Waals surface area contributed by atoms with E-state index >= 15 is 0 Å². The zero-order valence-electron chi connectivity index (χ0n) is 10.3. The number of nitrogens with one attached hydrogen (secondary N) is 1. The van der Waals surface area contributed by atoms with E-state index in [-0.39, 0.29) is 0 Å². The normalized spacial score (nSPS) is 17.6. The first-order valence-corrected chi connectivity index (χ1v) is 7.56. The number of thiophene rings is 1. The highest BCUT2D eigenvalue weighted by Crippen LogP contribution is 2.36. The van der Waals surface area contributed by atoms with Gasteiger partial charge in [-0.1, -0.05) is 11.6 Å². The van der Waals surface area contributed by atoms with Crippen LogP contribution >= 0.6 is 22.9 Å². The molecule has 0 amide bonds. The van der Waals surface area contributed by atoms with Crippen LogP contribution in [0.3, 0.4) is 0 Å². The minimum absolute atomic E-state index is 0.360. The first-order chi connectivity index (χ1) is 9.28. The smallest absolute Gasteiger partial charge is 0.101 e. The standard InChI is InChI=1S/C15H13ClN2S/c16-13-8-11(5-4-10(13)9-17)18-14-2-1-3-15-12(14)6-7-19-15/h4-8,14,18H,1-3H2. The van der Waals surface area contributed by atoms with Crippen molar-refractivity contribution in [2.45, 2.75) is 25.3 Å². The molecule has 3 rings (SSSR count). The lowest BCUT2D eigenvalue weighted by Gasteiger charge is -2.24. The van der Waals surface area contributed by atoms with Crippen LogP contribution in [0.5, 0.6) is 0 Å². The van der Waals surface area contributed by atoms with Gasteiger partial charge < -0.3 is 5.32 Å². The fourth-order valence-electron chi connectivity index (χ4n) is 2.53. The van der Waals surface area contributed by atoms with Crippen molar-refractivity contribution < 1.29 is 0 Å². The van der Waals surface area contributed by atoms with E-state index in [4.69, 9.17) is 16.9 Å². The number of anilines is 1. The average Bonchev–Trinajstić information content (AvgIpc) is 2.88. The number of aryl methyl sites for hydroxylation is 1. The second-order valence-corrected chi connectivity index (χ2v) is 6.10. The van der Waals surface area contributed by atoms with Gasteiger partial charge in [-0.2, -0.15) is 5.26 Å². The van der Waals surface area contributed by atoms with Crippen LogP contribution in [-0.2, 0) is 6.42 Å². The lowest BCUT2D eigenvalue weighted by Crippen LogP contribution is -2.15. The molecule has 0 saturated heterocycles. The van der Waals surface area contributed by atoms with Crippen molar-refractivity contribution in [2.24, 2.45) is 0 Å². The number of rotatable bonds is 2. The summed E-state index contributed by atoms with van der Waals surface area (Å²) < 4.78 is 0. The Hall–Kier alpha value is -1.50. The van der Waals surface area contributed by atoms with Gasteiger partial charge in [0.1, 0.15) is 6.07 Å². The van der Waals surface area contributed by atoms with Gasteiger partial charge in [-0.3, -0.25) is 0 Å². The minimum Gasteiger partial charge on any atom is -0.378 e. The second-order valence-electron chi connectivity index (χ2n) is 4.69. The van der Waals surface area contributed by atoms with E-state index < -0.39 is 0 Å². The van der Waals surface area contributed by atoms with Crippen molar-refractivity contribution in [2.75, 3.05) is 5.32 Å². The maximum atomic E-state index is 8.88. The van der Waals surface area contributed by atoms with Crippen LogP contribution in [0.1, 0.15) is 34.9 Å². The lowest BCUT2D eigenvalue weighted by molar-refractivity contribution is 0.609. The maximum absolute atomic E-state index is 8.88. The molecule has 4 heteroatoms. The maximum Gasteiger partial charge on any atom is 0.101 e. The van der Waals surface area contributed by atoms with Crippen LogP contribution in [-0.4, -0.2) is 0 Å². The Balaban J connectivity index is 1.84. The zero-order valence-corrected chi connectivity index (χ0v) is 11.9. The molecule has 1 aliphatic rings. The molecule has 1 N–H and O–H groups in total. The average molecular weight is 289 g/mol. The summed E-state index contributed by atoms with van der Waals surface area (Å²) in [6, 6.07) is 10.2. The van der Waals surface area contributed by atoms with Gasteiger partial charge >= 0.3 is 0 Å². The third kappa shape index (κ3) is 2.47. The molecule has 1 aromatic heterocycles. The largest absolute Gasteiger partial charge is 0.378 e. The van der Waals surface area contributed by atoms with Crippen LogP contribution in [0.2, 0.25) is 5.02 Å². The SMILES string of the molecule is N#Cc1ccc(NC2CCCc3sccc32)cc1Cl. The highest BCUT2D eigenvalue weighted by molar-refractivity contribution is 7.10.